The molecule has 1 saturated heterocycles. The van der Waals surface area contributed by atoms with Gasteiger partial charge in [-0.3, -0.25) is 10.1 Å². The van der Waals surface area contributed by atoms with Crippen molar-refractivity contribution in [3.63, 3.8) is 0 Å². The molecule has 3 aromatic carbocycles. The number of β-amino-alcohol motifs (C(OH)–C–C–N with tert-alkyl or cyclic N) is 1. The molecule has 8 nitrogen and oxygen atoms in total. The molecule has 1 unspecified atom stereocenters. The summed E-state index contributed by atoms with van der Waals surface area (Å²) in [6, 6.07) is 16.1. The molecule has 0 bridgehead atoms. The number of anilines is 2. The summed E-state index contributed by atoms with van der Waals surface area (Å²) in [5.41, 5.74) is 2.93. The average molecular weight is 572 g/mol. The highest BCUT2D eigenvalue weighted by molar-refractivity contribution is 5.99. The van der Waals surface area contributed by atoms with Crippen LogP contribution in [-0.2, 0) is 16.9 Å². The number of halogens is 2. The van der Waals surface area contributed by atoms with Crippen LogP contribution in [0.2, 0.25) is 0 Å². The topological polar surface area (TPSA) is 117 Å². The van der Waals surface area contributed by atoms with Gasteiger partial charge >= 0.3 is 6.03 Å². The maximum absolute atomic E-state index is 15.2. The summed E-state index contributed by atoms with van der Waals surface area (Å²) < 4.78 is 28.4. The Morgan fingerprint density at radius 2 is 1.88 bits per heavy atom. The van der Waals surface area contributed by atoms with Crippen molar-refractivity contribution in [1.82, 2.24) is 10.2 Å². The zero-order valence-corrected chi connectivity index (χ0v) is 22.9. The molecule has 42 heavy (non-hydrogen) atoms. The fourth-order valence-corrected chi connectivity index (χ4v) is 6.19. The van der Waals surface area contributed by atoms with E-state index >= 15 is 4.39 Å². The van der Waals surface area contributed by atoms with Gasteiger partial charge in [-0.2, -0.15) is 5.26 Å². The lowest BCUT2D eigenvalue weighted by atomic mass is 9.78. The van der Waals surface area contributed by atoms with Gasteiger partial charge in [0.1, 0.15) is 17.7 Å². The number of likely N-dealkylation sites (tertiary alicyclic amines) is 1. The summed E-state index contributed by atoms with van der Waals surface area (Å²) in [5.74, 6) is -1.07. The van der Waals surface area contributed by atoms with Crippen molar-refractivity contribution in [1.29, 1.82) is 5.26 Å². The predicted octanol–water partition coefficient (Wildman–Crippen LogP) is 4.98. The van der Waals surface area contributed by atoms with Crippen molar-refractivity contribution in [3.8, 4) is 6.07 Å². The Bertz CT molecular complexity index is 1570. The first-order valence-electron chi connectivity index (χ1n) is 14.2. The largest absolute Gasteiger partial charge is 0.391 e. The smallest absolute Gasteiger partial charge is 0.322 e. The summed E-state index contributed by atoms with van der Waals surface area (Å²) >= 11 is 0. The highest BCUT2D eigenvalue weighted by Gasteiger charge is 2.43. The second-order valence-electron chi connectivity index (χ2n) is 11.4. The van der Waals surface area contributed by atoms with Gasteiger partial charge in [-0.05, 0) is 77.9 Å². The molecule has 3 atom stereocenters. The van der Waals surface area contributed by atoms with Crippen molar-refractivity contribution in [2.45, 2.75) is 56.3 Å². The van der Waals surface area contributed by atoms with Crippen molar-refractivity contribution >= 4 is 23.3 Å². The van der Waals surface area contributed by atoms with Crippen LogP contribution >= 0.6 is 0 Å². The van der Waals surface area contributed by atoms with Gasteiger partial charge < -0.3 is 20.6 Å². The number of carbonyl (C=O) groups excluding carboxylic acids is 2. The Morgan fingerprint density at radius 1 is 1.10 bits per heavy atom. The van der Waals surface area contributed by atoms with Crippen LogP contribution in [0.15, 0.2) is 60.7 Å². The van der Waals surface area contributed by atoms with Gasteiger partial charge in [-0.25, -0.2) is 13.6 Å². The number of nitrogens with one attached hydrogen (secondary N) is 3. The number of fused-ring (bicyclic) bond motifs is 1. The van der Waals surface area contributed by atoms with Crippen molar-refractivity contribution in [2.24, 2.45) is 5.92 Å². The van der Waals surface area contributed by atoms with Gasteiger partial charge in [0, 0.05) is 25.2 Å². The third-order valence-electron chi connectivity index (χ3n) is 8.60. The van der Waals surface area contributed by atoms with Crippen molar-refractivity contribution < 1.29 is 23.5 Å². The Hall–Kier alpha value is -4.33. The predicted molar refractivity (Wildman–Crippen MR) is 152 cm³/mol. The van der Waals surface area contributed by atoms with Crippen LogP contribution in [0.1, 0.15) is 54.4 Å². The van der Waals surface area contributed by atoms with E-state index in [4.69, 9.17) is 0 Å². The normalized spacial score (nSPS) is 22.9. The molecule has 0 spiro atoms. The summed E-state index contributed by atoms with van der Waals surface area (Å²) in [4.78, 5) is 27.6. The Labute approximate surface area is 242 Å². The molecular weight excluding hydrogens is 540 g/mol. The van der Waals surface area contributed by atoms with E-state index in [1.165, 1.54) is 48.1 Å². The fraction of sp³-hybridized carbons (Fsp3) is 0.344. The first-order valence-corrected chi connectivity index (χ1v) is 14.2. The number of urea groups is 1. The number of rotatable bonds is 7. The lowest BCUT2D eigenvalue weighted by molar-refractivity contribution is -0.119. The summed E-state index contributed by atoms with van der Waals surface area (Å²) in [5, 5.41) is 28.9. The molecule has 3 aromatic rings. The Morgan fingerprint density at radius 3 is 2.62 bits per heavy atom. The number of benzene rings is 3. The van der Waals surface area contributed by atoms with Gasteiger partial charge in [0.05, 0.1) is 29.0 Å². The molecule has 2 fully saturated rings. The Balaban J connectivity index is 1.26. The average Bonchev–Trinajstić information content (AvgIpc) is 3.62. The number of carbonyl (C=O) groups is 2. The maximum Gasteiger partial charge on any atom is 0.322 e. The summed E-state index contributed by atoms with van der Waals surface area (Å²) in [6.07, 6.45) is 3.15. The second kappa shape index (κ2) is 11.2. The summed E-state index contributed by atoms with van der Waals surface area (Å²) in [6.45, 7) is 0.417. The lowest BCUT2D eigenvalue weighted by Gasteiger charge is -2.33. The number of amides is 3. The highest BCUT2D eigenvalue weighted by atomic mass is 19.1. The molecule has 1 saturated carbocycles. The molecule has 0 radical (unpaired) electrons. The van der Waals surface area contributed by atoms with E-state index in [0.29, 0.717) is 23.7 Å². The monoisotopic (exact) mass is 571 g/mol. The van der Waals surface area contributed by atoms with E-state index in [1.54, 1.807) is 18.2 Å². The molecule has 3 amide bonds. The molecule has 6 rings (SSSR count). The first kappa shape index (κ1) is 27.8. The quantitative estimate of drug-likeness (QED) is 0.319. The van der Waals surface area contributed by atoms with E-state index in [1.807, 2.05) is 12.1 Å². The standard InChI is InChI=1S/C32H31F2N5O3/c33-22-7-9-23(10-8-22)37-31(42)39-18-24(40)15-29(39)30(41)38-28-14-21(6-11-27(28)34)32(13-12-19-4-5-19)26-3-1-2-20(16-35)25(26)17-36-32/h1-3,6-11,14,19,24,29,36,40H,4-5,12-13,15,17-18H2,(H,37,42)(H,38,41)/t24-,29-,32?/m1/s1. The van der Waals surface area contributed by atoms with E-state index in [-0.39, 0.29) is 18.7 Å². The van der Waals surface area contributed by atoms with Gasteiger partial charge in [0.25, 0.3) is 0 Å². The van der Waals surface area contributed by atoms with E-state index in [9.17, 15) is 24.3 Å². The zero-order valence-electron chi connectivity index (χ0n) is 22.9. The van der Waals surface area contributed by atoms with Gasteiger partial charge in [-0.15, -0.1) is 0 Å². The molecule has 2 aliphatic heterocycles. The van der Waals surface area contributed by atoms with E-state index in [0.717, 1.165) is 29.5 Å². The van der Waals surface area contributed by atoms with Crippen molar-refractivity contribution in [2.75, 3.05) is 17.2 Å². The summed E-state index contributed by atoms with van der Waals surface area (Å²) in [7, 11) is 0. The second-order valence-corrected chi connectivity index (χ2v) is 11.4. The SMILES string of the molecule is N#Cc1cccc2c1CNC2(CCC1CC1)c1ccc(F)c(NC(=O)[C@H]2C[C@@H](O)CN2C(=O)Nc2ccc(F)cc2)c1. The molecule has 4 N–H and O–H groups in total. The number of aliphatic hydroxyl groups is 1. The van der Waals surface area contributed by atoms with Crippen LogP contribution in [0, 0.1) is 28.9 Å². The van der Waals surface area contributed by atoms with E-state index in [2.05, 4.69) is 22.0 Å². The number of hydrogen-bond donors (Lipinski definition) is 4. The van der Waals surface area contributed by atoms with E-state index < -0.39 is 41.3 Å². The van der Waals surface area contributed by atoms with Crippen LogP contribution in [0.3, 0.4) is 0 Å². The number of aliphatic hydroxyl groups excluding tert-OH is 1. The third kappa shape index (κ3) is 5.33. The molecule has 216 valence electrons. The fourth-order valence-electron chi connectivity index (χ4n) is 6.19. The maximum atomic E-state index is 15.2. The minimum absolute atomic E-state index is 0.0127. The molecule has 10 heteroatoms. The minimum Gasteiger partial charge on any atom is -0.391 e. The Kier molecular flexibility index (Phi) is 7.39. The molecule has 0 aromatic heterocycles. The molecule has 3 aliphatic rings. The minimum atomic E-state index is -1.05. The van der Waals surface area contributed by atoms with Crippen LogP contribution in [-0.4, -0.2) is 40.6 Å². The van der Waals surface area contributed by atoms with Crippen LogP contribution < -0.4 is 16.0 Å². The third-order valence-corrected chi connectivity index (χ3v) is 8.60. The van der Waals surface area contributed by atoms with Gasteiger partial charge in [-0.1, -0.05) is 31.0 Å². The van der Waals surface area contributed by atoms with Crippen LogP contribution in [0.4, 0.5) is 25.0 Å². The zero-order chi connectivity index (χ0) is 29.4. The van der Waals surface area contributed by atoms with Crippen molar-refractivity contribution in [3.05, 3.63) is 94.6 Å². The van der Waals surface area contributed by atoms with Crippen LogP contribution in [0.5, 0.6) is 0 Å². The molecule has 1 aliphatic carbocycles. The number of hydrogen-bond acceptors (Lipinski definition) is 5. The first-order chi connectivity index (χ1) is 20.3. The van der Waals surface area contributed by atoms with Crippen LogP contribution in [0.25, 0.3) is 0 Å². The number of nitrogens with zero attached hydrogens (tertiary/aromatic N) is 2. The highest BCUT2D eigenvalue weighted by Crippen LogP contribution is 2.46. The van der Waals surface area contributed by atoms with Gasteiger partial charge in [0.2, 0.25) is 5.91 Å². The number of nitriles is 1. The molecule has 2 heterocycles. The van der Waals surface area contributed by atoms with Gasteiger partial charge in [0.15, 0.2) is 0 Å². The lowest BCUT2D eigenvalue weighted by Crippen LogP contribution is -2.45. The molecular formula is C32H31F2N5O3.